The van der Waals surface area contributed by atoms with Crippen LogP contribution < -0.4 is 5.32 Å². The lowest BCUT2D eigenvalue weighted by Gasteiger charge is -2.28. The zero-order chi connectivity index (χ0) is 20.4. The maximum absolute atomic E-state index is 12.3. The third-order valence-corrected chi connectivity index (χ3v) is 5.41. The molecule has 2 aliphatic heterocycles. The number of likely N-dealkylation sites (tertiary alicyclic amines) is 1. The maximum atomic E-state index is 12.3. The smallest absolute Gasteiger partial charge is 0.169 e. The van der Waals surface area contributed by atoms with Gasteiger partial charge >= 0.3 is 0 Å². The van der Waals surface area contributed by atoms with Gasteiger partial charge in [-0.25, -0.2) is 0 Å². The molecule has 152 valence electrons. The number of hydrogen-bond donors (Lipinski definition) is 2. The topological polar surface area (TPSA) is 69.6 Å². The number of rotatable bonds is 3. The Balaban J connectivity index is 0.000000338. The number of carbonyl (C=O) groups excluding carboxylic acids is 2. The fourth-order valence-corrected chi connectivity index (χ4v) is 3.34. The molecular formula is C20H30Cl2N2O3. The lowest BCUT2D eigenvalue weighted by molar-refractivity contribution is -0.110. The Morgan fingerprint density at radius 2 is 1.78 bits per heavy atom. The van der Waals surface area contributed by atoms with E-state index in [1.165, 1.54) is 12.1 Å². The molecule has 27 heavy (non-hydrogen) atoms. The fourth-order valence-electron chi connectivity index (χ4n) is 3.02. The highest BCUT2D eigenvalue weighted by Gasteiger charge is 2.26. The Bertz CT molecular complexity index is 611. The van der Waals surface area contributed by atoms with E-state index in [-0.39, 0.29) is 28.0 Å². The molecule has 1 atom stereocenters. The Labute approximate surface area is 172 Å². The number of nitrogens with one attached hydrogen (secondary N) is 1. The molecule has 2 heterocycles. The van der Waals surface area contributed by atoms with Crippen molar-refractivity contribution < 1.29 is 14.7 Å². The van der Waals surface area contributed by atoms with Crippen LogP contribution in [0.1, 0.15) is 43.5 Å². The number of piperidine rings is 1. The van der Waals surface area contributed by atoms with Gasteiger partial charge in [-0.05, 0) is 52.0 Å². The van der Waals surface area contributed by atoms with Gasteiger partial charge < -0.3 is 20.1 Å². The first-order chi connectivity index (χ1) is 12.9. The van der Waals surface area contributed by atoms with Crippen molar-refractivity contribution in [2.24, 2.45) is 11.8 Å². The quantitative estimate of drug-likeness (QED) is 0.574. The van der Waals surface area contributed by atoms with E-state index in [9.17, 15) is 14.7 Å². The number of phenolic OH excluding ortho intramolecular Hbond substituents is 1. The summed E-state index contributed by atoms with van der Waals surface area (Å²) in [5.41, 5.74) is 0.277. The predicted octanol–water partition coefficient (Wildman–Crippen LogP) is 4.04. The summed E-state index contributed by atoms with van der Waals surface area (Å²) < 4.78 is 0. The minimum atomic E-state index is -0.0895. The van der Waals surface area contributed by atoms with Crippen molar-refractivity contribution in [2.45, 2.75) is 33.1 Å². The Morgan fingerprint density at radius 1 is 1.19 bits per heavy atom. The number of carbonyl (C=O) groups is 2. The van der Waals surface area contributed by atoms with Crippen LogP contribution in [-0.4, -0.2) is 55.3 Å². The molecule has 3 rings (SSSR count). The zero-order valence-corrected chi connectivity index (χ0v) is 17.8. The first-order valence-electron chi connectivity index (χ1n) is 9.49. The molecular weight excluding hydrogens is 387 g/mol. The normalized spacial score (nSPS) is 20.1. The van der Waals surface area contributed by atoms with Gasteiger partial charge in [-0.2, -0.15) is 0 Å². The van der Waals surface area contributed by atoms with Crippen LogP contribution in [0.2, 0.25) is 10.0 Å². The van der Waals surface area contributed by atoms with E-state index in [2.05, 4.69) is 10.2 Å². The second-order valence-electron chi connectivity index (χ2n) is 6.61. The van der Waals surface area contributed by atoms with E-state index in [4.69, 9.17) is 23.2 Å². The number of ketones is 1. The van der Waals surface area contributed by atoms with Crippen molar-refractivity contribution in [1.82, 2.24) is 10.2 Å². The standard InChI is InChI=1S/C13H15Cl2NO2.C5H9NO.C2H6/c1-16-4-2-8(3-5-16)13(18)9-6-10(14)11(15)7-12(9)17;7-4-5-1-2-6-3-5;1-2/h6-8,17H,2-5H2,1H3;4-6H,1-3H2;1-2H3. The Morgan fingerprint density at radius 3 is 2.26 bits per heavy atom. The van der Waals surface area contributed by atoms with Crippen LogP contribution in [0.3, 0.4) is 0 Å². The number of hydrogen-bond acceptors (Lipinski definition) is 5. The summed E-state index contributed by atoms with van der Waals surface area (Å²) in [5, 5.41) is 13.4. The summed E-state index contributed by atoms with van der Waals surface area (Å²) in [5.74, 6) is 0.136. The van der Waals surface area contributed by atoms with E-state index >= 15 is 0 Å². The van der Waals surface area contributed by atoms with Crippen molar-refractivity contribution >= 4 is 35.3 Å². The predicted molar refractivity (Wildman–Crippen MR) is 111 cm³/mol. The van der Waals surface area contributed by atoms with Crippen LogP contribution in [0.15, 0.2) is 12.1 Å². The average molecular weight is 417 g/mol. The van der Waals surface area contributed by atoms with Crippen LogP contribution >= 0.6 is 23.2 Å². The van der Waals surface area contributed by atoms with E-state index < -0.39 is 0 Å². The van der Waals surface area contributed by atoms with Gasteiger partial charge in [-0.3, -0.25) is 4.79 Å². The van der Waals surface area contributed by atoms with Crippen molar-refractivity contribution in [1.29, 1.82) is 0 Å². The first kappa shape index (κ1) is 23.9. The van der Waals surface area contributed by atoms with Gasteiger partial charge in [-0.1, -0.05) is 37.0 Å². The number of aromatic hydroxyl groups is 1. The minimum Gasteiger partial charge on any atom is -0.507 e. The molecule has 0 spiro atoms. The zero-order valence-electron chi connectivity index (χ0n) is 16.3. The molecule has 0 saturated carbocycles. The molecule has 2 aliphatic rings. The number of halogens is 2. The first-order valence-corrected chi connectivity index (χ1v) is 10.2. The molecule has 0 bridgehead atoms. The van der Waals surface area contributed by atoms with Gasteiger partial charge in [0.2, 0.25) is 0 Å². The van der Waals surface area contributed by atoms with Crippen LogP contribution in [0.4, 0.5) is 0 Å². The van der Waals surface area contributed by atoms with Gasteiger partial charge in [0.05, 0.1) is 15.6 Å². The van der Waals surface area contributed by atoms with Gasteiger partial charge in [-0.15, -0.1) is 0 Å². The minimum absolute atomic E-state index is 0.0376. The molecule has 2 N–H and O–H groups in total. The number of phenols is 1. The summed E-state index contributed by atoms with van der Waals surface area (Å²) in [6.07, 6.45) is 3.69. The van der Waals surface area contributed by atoms with Crippen molar-refractivity contribution in [3.8, 4) is 5.75 Å². The highest BCUT2D eigenvalue weighted by atomic mass is 35.5. The summed E-state index contributed by atoms with van der Waals surface area (Å²) in [6, 6.07) is 2.78. The molecule has 1 aromatic rings. The SMILES string of the molecule is CC.CN1CCC(C(=O)c2cc(Cl)c(Cl)cc2O)CC1.O=CC1CCNC1. The highest BCUT2D eigenvalue weighted by Crippen LogP contribution is 2.32. The van der Waals surface area contributed by atoms with Crippen molar-refractivity contribution in [3.63, 3.8) is 0 Å². The summed E-state index contributed by atoms with van der Waals surface area (Å²) in [4.78, 5) is 24.5. The number of benzene rings is 1. The molecule has 7 heteroatoms. The number of Topliss-reactive ketones (excluding diaryl/α,β-unsaturated/α-hetero) is 1. The average Bonchev–Trinajstić information content (AvgIpc) is 3.21. The van der Waals surface area contributed by atoms with Crippen LogP contribution in [0.25, 0.3) is 0 Å². The van der Waals surface area contributed by atoms with Crippen molar-refractivity contribution in [3.05, 3.63) is 27.7 Å². The lowest BCUT2D eigenvalue weighted by Crippen LogP contribution is -2.33. The molecule has 1 unspecified atom stereocenters. The van der Waals surface area contributed by atoms with E-state index in [0.717, 1.165) is 51.7 Å². The Kier molecular flexibility index (Phi) is 10.9. The summed E-state index contributed by atoms with van der Waals surface area (Å²) in [7, 11) is 2.04. The van der Waals surface area contributed by atoms with E-state index in [1.807, 2.05) is 20.9 Å². The molecule has 2 fully saturated rings. The summed E-state index contributed by atoms with van der Waals surface area (Å²) >= 11 is 11.7. The van der Waals surface area contributed by atoms with E-state index in [0.29, 0.717) is 10.9 Å². The fraction of sp³-hybridized carbons (Fsp3) is 0.600. The second kappa shape index (κ2) is 12.3. The van der Waals surface area contributed by atoms with Gasteiger partial charge in [0.25, 0.3) is 0 Å². The third-order valence-electron chi connectivity index (χ3n) is 4.68. The molecule has 2 saturated heterocycles. The monoisotopic (exact) mass is 416 g/mol. The largest absolute Gasteiger partial charge is 0.507 e. The number of aldehydes is 1. The van der Waals surface area contributed by atoms with Gasteiger partial charge in [0.1, 0.15) is 12.0 Å². The van der Waals surface area contributed by atoms with E-state index in [1.54, 1.807) is 0 Å². The number of nitrogens with zero attached hydrogens (tertiary/aromatic N) is 1. The van der Waals surface area contributed by atoms with Gasteiger partial charge in [0, 0.05) is 24.4 Å². The third kappa shape index (κ3) is 7.41. The second-order valence-corrected chi connectivity index (χ2v) is 7.43. The highest BCUT2D eigenvalue weighted by molar-refractivity contribution is 6.42. The molecule has 1 aromatic carbocycles. The molecule has 0 aliphatic carbocycles. The van der Waals surface area contributed by atoms with Crippen molar-refractivity contribution in [2.75, 3.05) is 33.2 Å². The van der Waals surface area contributed by atoms with Crippen LogP contribution in [0.5, 0.6) is 5.75 Å². The van der Waals surface area contributed by atoms with Gasteiger partial charge in [0.15, 0.2) is 5.78 Å². The molecule has 0 amide bonds. The lowest BCUT2D eigenvalue weighted by atomic mass is 9.89. The molecule has 0 radical (unpaired) electrons. The summed E-state index contributed by atoms with van der Waals surface area (Å²) in [6.45, 7) is 7.71. The molecule has 0 aromatic heterocycles. The molecule has 5 nitrogen and oxygen atoms in total. The van der Waals surface area contributed by atoms with Crippen LogP contribution in [0, 0.1) is 11.8 Å². The van der Waals surface area contributed by atoms with Crippen LogP contribution in [-0.2, 0) is 4.79 Å². The Hall–Kier alpha value is -1.14. The maximum Gasteiger partial charge on any atom is 0.169 e.